The molecule has 9 rings (SSSR count). The molecule has 93 heavy (non-hydrogen) atoms. The van der Waals surface area contributed by atoms with Crippen LogP contribution in [0.3, 0.4) is 0 Å². The van der Waals surface area contributed by atoms with Crippen LogP contribution in [-0.2, 0) is 9.59 Å². The Morgan fingerprint density at radius 3 is 0.978 bits per heavy atom. The van der Waals surface area contributed by atoms with Crippen LogP contribution in [0.5, 0.6) is 11.5 Å². The van der Waals surface area contributed by atoms with Crippen LogP contribution in [-0.4, -0.2) is 11.9 Å². The van der Waals surface area contributed by atoms with E-state index in [9.17, 15) is 9.59 Å². The monoisotopic (exact) mass is 1250 g/mol. The Hall–Kier alpha value is -7.57. The van der Waals surface area contributed by atoms with Gasteiger partial charge in [-0.25, -0.2) is 0 Å². The average Bonchev–Trinajstić information content (AvgIpc) is 1.09. The number of hydrogen-bond acceptors (Lipinski definition) is 5. The van der Waals surface area contributed by atoms with Crippen molar-refractivity contribution in [3.05, 3.63) is 195 Å². The summed E-state index contributed by atoms with van der Waals surface area (Å²) in [6.07, 6.45) is 16.5. The van der Waals surface area contributed by atoms with Gasteiger partial charge in [0.05, 0.1) is 17.6 Å². The second-order valence-corrected chi connectivity index (χ2v) is 26.3. The Balaban J connectivity index is 0.000000291. The van der Waals surface area contributed by atoms with E-state index in [-0.39, 0.29) is 17.9 Å². The molecule has 3 aliphatic carbocycles. The van der Waals surface area contributed by atoms with Crippen molar-refractivity contribution in [1.82, 2.24) is 0 Å². The van der Waals surface area contributed by atoms with E-state index in [4.69, 9.17) is 14.7 Å². The maximum Gasteiger partial charge on any atom is 0.314 e. The SMILES string of the molecule is CC.CC.CC.CC1CCC(CC2CCC(C(=O)Oc3ccc(C#N)cc3)CC2)CC1.Cc1c(C)c(C)c(C#Cc2c(C)c(C)c(C#Cc3c(C)c(C)c(C)c(C)c3C)c(C)c2C)c(C)c1C.Cc1ccc(C#Cc2ccc(OC(=O)CC3CCC(C)CC3)cc2)cc1. The fourth-order valence-corrected chi connectivity index (χ4v) is 13.1. The third-order valence-electron chi connectivity index (χ3n) is 20.5. The Morgan fingerprint density at radius 2 is 0.634 bits per heavy atom. The van der Waals surface area contributed by atoms with Crippen LogP contribution in [0.15, 0.2) is 72.8 Å². The number of nitrogens with zero attached hydrogens (tertiary/aromatic N) is 1. The summed E-state index contributed by atoms with van der Waals surface area (Å²) in [5.74, 6) is 25.5. The number of rotatable bonds is 7. The van der Waals surface area contributed by atoms with Gasteiger partial charge >= 0.3 is 11.9 Å². The van der Waals surface area contributed by atoms with Crippen molar-refractivity contribution in [2.24, 2.45) is 35.5 Å². The van der Waals surface area contributed by atoms with E-state index in [1.54, 1.807) is 24.3 Å². The second kappa shape index (κ2) is 38.6. The zero-order valence-electron chi connectivity index (χ0n) is 61.9. The lowest BCUT2D eigenvalue weighted by atomic mass is 9.73. The third-order valence-corrected chi connectivity index (χ3v) is 20.5. The maximum atomic E-state index is 12.4. The molecule has 0 saturated heterocycles. The van der Waals surface area contributed by atoms with Crippen LogP contribution < -0.4 is 9.47 Å². The van der Waals surface area contributed by atoms with Gasteiger partial charge in [-0.1, -0.05) is 147 Å². The largest absolute Gasteiger partial charge is 0.427 e. The number of carbonyl (C=O) groups is 2. The Bertz CT molecular complexity index is 3470. The zero-order chi connectivity index (χ0) is 69.2. The molecule has 0 radical (unpaired) electrons. The molecule has 496 valence electrons. The molecule has 0 aliphatic heterocycles. The topological polar surface area (TPSA) is 76.4 Å². The van der Waals surface area contributed by atoms with Gasteiger partial charge in [-0.05, 0) is 317 Å². The Morgan fingerprint density at radius 1 is 0.355 bits per heavy atom. The smallest absolute Gasteiger partial charge is 0.314 e. The molecule has 5 nitrogen and oxygen atoms in total. The van der Waals surface area contributed by atoms with Gasteiger partial charge < -0.3 is 9.47 Å². The van der Waals surface area contributed by atoms with Crippen LogP contribution in [0.4, 0.5) is 0 Å². The van der Waals surface area contributed by atoms with Gasteiger partial charge in [0.15, 0.2) is 0 Å². The summed E-state index contributed by atoms with van der Waals surface area (Å²) in [5.41, 5.74) is 26.6. The number of esters is 2. The van der Waals surface area contributed by atoms with Gasteiger partial charge in [0.1, 0.15) is 11.5 Å². The number of carbonyl (C=O) groups excluding carboxylic acids is 2. The number of nitriles is 1. The number of aryl methyl sites for hydroxylation is 1. The summed E-state index contributed by atoms with van der Waals surface area (Å²) in [5, 5.41) is 8.81. The molecule has 3 saturated carbocycles. The van der Waals surface area contributed by atoms with Gasteiger partial charge in [0.2, 0.25) is 0 Å². The predicted octanol–water partition coefficient (Wildman–Crippen LogP) is 22.9. The third kappa shape index (κ3) is 22.0. The summed E-state index contributed by atoms with van der Waals surface area (Å²) in [4.78, 5) is 24.5. The summed E-state index contributed by atoms with van der Waals surface area (Å²) < 4.78 is 11.0. The first-order valence-electron chi connectivity index (χ1n) is 35.3. The highest BCUT2D eigenvalue weighted by Crippen LogP contribution is 2.39. The molecular weight excluding hydrogens is 1130 g/mol. The number of hydrogen-bond donors (Lipinski definition) is 0. The lowest BCUT2D eigenvalue weighted by Gasteiger charge is -2.32. The van der Waals surface area contributed by atoms with Crippen LogP contribution in [0, 0.1) is 186 Å². The zero-order valence-corrected chi connectivity index (χ0v) is 61.9. The van der Waals surface area contributed by atoms with Gasteiger partial charge in [-0.2, -0.15) is 5.26 Å². The van der Waals surface area contributed by atoms with Crippen molar-refractivity contribution >= 4 is 11.9 Å². The van der Waals surface area contributed by atoms with Crippen molar-refractivity contribution in [3.63, 3.8) is 0 Å². The lowest BCUT2D eigenvalue weighted by molar-refractivity contribution is -0.140. The molecule has 0 atom stereocenters. The number of ether oxygens (including phenoxy) is 2. The molecule has 3 aliphatic rings. The van der Waals surface area contributed by atoms with E-state index in [0.29, 0.717) is 29.4 Å². The summed E-state index contributed by atoms with van der Waals surface area (Å²) in [7, 11) is 0. The fourth-order valence-electron chi connectivity index (χ4n) is 13.1. The van der Waals surface area contributed by atoms with Crippen LogP contribution >= 0.6 is 0 Å². The molecule has 0 spiro atoms. The minimum Gasteiger partial charge on any atom is -0.427 e. The molecule has 0 N–H and O–H groups in total. The minimum atomic E-state index is -0.122. The molecule has 3 fully saturated rings. The number of benzene rings is 6. The molecule has 0 aromatic heterocycles. The Labute approximate surface area is 566 Å². The summed E-state index contributed by atoms with van der Waals surface area (Å²) >= 11 is 0. The molecule has 0 heterocycles. The Kier molecular flexibility index (Phi) is 32.3. The van der Waals surface area contributed by atoms with E-state index in [2.05, 4.69) is 171 Å². The minimum absolute atomic E-state index is 0.0401. The van der Waals surface area contributed by atoms with Crippen LogP contribution in [0.2, 0.25) is 0 Å². The van der Waals surface area contributed by atoms with Gasteiger partial charge in [-0.3, -0.25) is 9.59 Å². The molecule has 0 amide bonds. The molecule has 6 aromatic rings. The van der Waals surface area contributed by atoms with E-state index < -0.39 is 0 Å². The lowest BCUT2D eigenvalue weighted by Crippen LogP contribution is -2.27. The van der Waals surface area contributed by atoms with Crippen molar-refractivity contribution in [2.75, 3.05) is 0 Å². The summed E-state index contributed by atoms with van der Waals surface area (Å²) in [6, 6.07) is 24.4. The standard InChI is InChI=1S/C36H42.C24H26O2.C22H29NO2.3C2H6/c1-19-21(3)25(7)33(26(8)22(19)4)15-17-35-29(11)31(13)36(32(14)30(35)12)18-16-34-27(9)23(5)20(2)24(6)28(34)10;1-18-3-7-20(8-4-18)11-12-21-13-15-23(16-14-21)26-24(25)17-22-9-5-19(2)6-10-22;1-16-2-4-17(5-3-16)14-18-6-10-20(11-7-18)22(24)25-21-12-8-19(15-23)9-13-21;3*1-2/h1-14H3;3-4,7-8,13-16,19,22H,5-6,9-10,17H2,1-2H3;8-9,12-13,16-18,20H,2-7,10-11,14H2,1H3;3*1-2H3. The fraction of sp³-hybridized carbons (Fsp3) is 0.489. The summed E-state index contributed by atoms with van der Waals surface area (Å²) in [6.45, 7) is 49.6. The average molecular weight is 1250 g/mol. The van der Waals surface area contributed by atoms with Crippen LogP contribution in [0.25, 0.3) is 0 Å². The second-order valence-electron chi connectivity index (χ2n) is 26.3. The normalized spacial score (nSPS) is 17.7. The van der Waals surface area contributed by atoms with Gasteiger partial charge in [0, 0.05) is 39.8 Å². The van der Waals surface area contributed by atoms with Crippen molar-refractivity contribution in [1.29, 1.82) is 5.26 Å². The maximum absolute atomic E-state index is 12.4. The van der Waals surface area contributed by atoms with E-state index >= 15 is 0 Å². The predicted molar refractivity (Wildman–Crippen MR) is 395 cm³/mol. The first-order chi connectivity index (χ1) is 44.4. The van der Waals surface area contributed by atoms with E-state index in [1.165, 1.54) is 152 Å². The highest BCUT2D eigenvalue weighted by molar-refractivity contribution is 5.75. The molecule has 5 heteroatoms. The van der Waals surface area contributed by atoms with Crippen molar-refractivity contribution < 1.29 is 19.1 Å². The van der Waals surface area contributed by atoms with E-state index in [0.717, 1.165) is 71.6 Å². The first kappa shape index (κ1) is 77.9. The van der Waals surface area contributed by atoms with E-state index in [1.807, 2.05) is 77.9 Å². The highest BCUT2D eigenvalue weighted by Gasteiger charge is 2.30. The van der Waals surface area contributed by atoms with Crippen molar-refractivity contribution in [2.45, 2.75) is 249 Å². The van der Waals surface area contributed by atoms with Gasteiger partial charge in [-0.15, -0.1) is 0 Å². The molecule has 0 bridgehead atoms. The molecule has 6 aromatic carbocycles. The van der Waals surface area contributed by atoms with Crippen molar-refractivity contribution in [3.8, 4) is 53.1 Å². The van der Waals surface area contributed by atoms with Crippen LogP contribution in [0.1, 0.15) is 268 Å². The first-order valence-corrected chi connectivity index (χ1v) is 35.3. The van der Waals surface area contributed by atoms with Gasteiger partial charge in [0.25, 0.3) is 0 Å². The molecular formula is C88H115NO4. The highest BCUT2D eigenvalue weighted by atomic mass is 16.5. The quantitative estimate of drug-likeness (QED) is 0.0904. The molecule has 0 unspecified atom stereocenters.